The summed E-state index contributed by atoms with van der Waals surface area (Å²) in [7, 11) is 1.53. The first kappa shape index (κ1) is 21.2. The van der Waals surface area contributed by atoms with Crippen LogP contribution in [0.2, 0.25) is 5.02 Å². The summed E-state index contributed by atoms with van der Waals surface area (Å²) in [6, 6.07) is 8.70. The molecule has 0 spiro atoms. The van der Waals surface area contributed by atoms with Crippen LogP contribution in [0.4, 0.5) is 5.69 Å². The van der Waals surface area contributed by atoms with Crippen molar-refractivity contribution in [3.8, 4) is 5.75 Å². The molecule has 29 heavy (non-hydrogen) atoms. The maximum atomic E-state index is 12.6. The van der Waals surface area contributed by atoms with Gasteiger partial charge in [0.25, 0.3) is 5.56 Å². The highest BCUT2D eigenvalue weighted by molar-refractivity contribution is 7.99. The number of hydrogen-bond acceptors (Lipinski definition) is 5. The smallest absolute Gasteiger partial charge is 0.258 e. The van der Waals surface area contributed by atoms with E-state index in [1.807, 2.05) is 32.9 Å². The van der Waals surface area contributed by atoms with E-state index in [0.717, 1.165) is 11.1 Å². The zero-order chi connectivity index (χ0) is 21.1. The molecular formula is C21H22ClN3O3S. The molecule has 1 N–H and O–H groups in total. The number of ether oxygens (including phenoxy) is 1. The highest BCUT2D eigenvalue weighted by Gasteiger charge is 2.17. The van der Waals surface area contributed by atoms with E-state index in [0.29, 0.717) is 33.6 Å². The van der Waals surface area contributed by atoms with Crippen molar-refractivity contribution in [1.29, 1.82) is 0 Å². The van der Waals surface area contributed by atoms with Crippen molar-refractivity contribution < 1.29 is 9.53 Å². The number of hydrogen-bond donors (Lipinski definition) is 1. The Kier molecular flexibility index (Phi) is 6.49. The predicted octanol–water partition coefficient (Wildman–Crippen LogP) is 4.23. The lowest BCUT2D eigenvalue weighted by Gasteiger charge is -2.15. The van der Waals surface area contributed by atoms with Crippen molar-refractivity contribution >= 4 is 40.6 Å². The van der Waals surface area contributed by atoms with Crippen molar-refractivity contribution in [1.82, 2.24) is 9.38 Å². The molecule has 152 valence electrons. The zero-order valence-electron chi connectivity index (χ0n) is 16.7. The first-order chi connectivity index (χ1) is 13.8. The SMILES string of the molecule is COc1cc(Cl)c(C)cc1NC(=O)[C@H](C)SCc1cc(=O)n2cc(C)ccc2n1. The Morgan fingerprint density at radius 3 is 2.79 bits per heavy atom. The molecule has 6 nitrogen and oxygen atoms in total. The molecule has 1 aromatic carbocycles. The molecule has 0 aliphatic carbocycles. The average Bonchev–Trinajstić information content (AvgIpc) is 2.69. The molecule has 0 saturated carbocycles. The van der Waals surface area contributed by atoms with Gasteiger partial charge >= 0.3 is 0 Å². The first-order valence-electron chi connectivity index (χ1n) is 9.04. The molecule has 8 heteroatoms. The van der Waals surface area contributed by atoms with Crippen LogP contribution in [-0.4, -0.2) is 27.7 Å². The fraction of sp³-hybridized carbons (Fsp3) is 0.286. The van der Waals surface area contributed by atoms with Crippen LogP contribution in [-0.2, 0) is 10.5 Å². The second-order valence-electron chi connectivity index (χ2n) is 6.76. The van der Waals surface area contributed by atoms with E-state index >= 15 is 0 Å². The number of aromatic nitrogens is 2. The molecule has 1 amide bonds. The molecule has 0 radical (unpaired) electrons. The Morgan fingerprint density at radius 2 is 2.07 bits per heavy atom. The number of anilines is 1. The molecule has 0 saturated heterocycles. The number of benzene rings is 1. The third kappa shape index (κ3) is 4.92. The molecule has 2 heterocycles. The minimum absolute atomic E-state index is 0.132. The zero-order valence-corrected chi connectivity index (χ0v) is 18.2. The van der Waals surface area contributed by atoms with E-state index in [4.69, 9.17) is 16.3 Å². The summed E-state index contributed by atoms with van der Waals surface area (Å²) in [5.74, 6) is 0.791. The van der Waals surface area contributed by atoms with Crippen LogP contribution in [0.3, 0.4) is 0 Å². The van der Waals surface area contributed by atoms with Gasteiger partial charge < -0.3 is 10.1 Å². The van der Waals surface area contributed by atoms with Gasteiger partial charge in [-0.1, -0.05) is 17.7 Å². The minimum atomic E-state index is -0.353. The standard InChI is InChI=1S/C21H22ClN3O3S/c1-12-5-6-19-23-15(8-20(26)25(19)10-12)11-29-14(3)21(27)24-17-7-13(2)16(22)9-18(17)28-4/h5-10,14H,11H2,1-4H3,(H,24,27)/t14-/m0/s1. The van der Waals surface area contributed by atoms with Gasteiger partial charge in [0, 0.05) is 29.1 Å². The lowest BCUT2D eigenvalue weighted by atomic mass is 10.2. The lowest BCUT2D eigenvalue weighted by Crippen LogP contribution is -2.23. The second kappa shape index (κ2) is 8.88. The van der Waals surface area contributed by atoms with E-state index < -0.39 is 0 Å². The van der Waals surface area contributed by atoms with E-state index in [1.54, 1.807) is 18.3 Å². The maximum absolute atomic E-state index is 12.6. The molecule has 0 aliphatic rings. The molecule has 2 aromatic heterocycles. The Balaban J connectivity index is 1.69. The van der Waals surface area contributed by atoms with Crippen LogP contribution >= 0.6 is 23.4 Å². The van der Waals surface area contributed by atoms with Crippen molar-refractivity contribution in [2.24, 2.45) is 0 Å². The van der Waals surface area contributed by atoms with Crippen LogP contribution < -0.4 is 15.6 Å². The number of nitrogens with one attached hydrogen (secondary N) is 1. The number of amides is 1. The summed E-state index contributed by atoms with van der Waals surface area (Å²) in [6.07, 6.45) is 1.76. The number of halogens is 1. The second-order valence-corrected chi connectivity index (χ2v) is 8.50. The van der Waals surface area contributed by atoms with Crippen LogP contribution in [0.5, 0.6) is 5.75 Å². The van der Waals surface area contributed by atoms with E-state index in [1.165, 1.54) is 29.3 Å². The number of pyridine rings is 1. The summed E-state index contributed by atoms with van der Waals surface area (Å²) >= 11 is 7.52. The van der Waals surface area contributed by atoms with Crippen LogP contribution in [0.1, 0.15) is 23.7 Å². The van der Waals surface area contributed by atoms with Gasteiger partial charge in [-0.15, -0.1) is 11.8 Å². The quantitative estimate of drug-likeness (QED) is 0.632. The maximum Gasteiger partial charge on any atom is 0.258 e. The normalized spacial score (nSPS) is 12.0. The van der Waals surface area contributed by atoms with Crippen LogP contribution in [0.25, 0.3) is 5.65 Å². The number of methoxy groups -OCH3 is 1. The van der Waals surface area contributed by atoms with Gasteiger partial charge in [-0.25, -0.2) is 4.98 Å². The van der Waals surface area contributed by atoms with Crippen molar-refractivity contribution in [3.63, 3.8) is 0 Å². The van der Waals surface area contributed by atoms with Crippen molar-refractivity contribution in [3.05, 3.63) is 68.7 Å². The Bertz CT molecular complexity index is 1130. The number of rotatable bonds is 6. The Labute approximate surface area is 178 Å². The van der Waals surface area contributed by atoms with Gasteiger partial charge in [0.1, 0.15) is 11.4 Å². The summed E-state index contributed by atoms with van der Waals surface area (Å²) in [5, 5.41) is 3.11. The number of carbonyl (C=O) groups is 1. The van der Waals surface area contributed by atoms with Crippen LogP contribution in [0, 0.1) is 13.8 Å². The number of aryl methyl sites for hydroxylation is 2. The topological polar surface area (TPSA) is 72.7 Å². The largest absolute Gasteiger partial charge is 0.495 e. The fourth-order valence-electron chi connectivity index (χ4n) is 2.78. The number of fused-ring (bicyclic) bond motifs is 1. The van der Waals surface area contributed by atoms with Crippen molar-refractivity contribution in [2.75, 3.05) is 12.4 Å². The molecule has 0 bridgehead atoms. The monoisotopic (exact) mass is 431 g/mol. The molecule has 3 aromatic rings. The van der Waals surface area contributed by atoms with Crippen LogP contribution in [0.15, 0.2) is 41.3 Å². The molecule has 3 rings (SSSR count). The van der Waals surface area contributed by atoms with Gasteiger partial charge in [-0.3, -0.25) is 14.0 Å². The van der Waals surface area contributed by atoms with E-state index in [9.17, 15) is 9.59 Å². The fourth-order valence-corrected chi connectivity index (χ4v) is 3.72. The molecular weight excluding hydrogens is 410 g/mol. The molecule has 0 unspecified atom stereocenters. The highest BCUT2D eigenvalue weighted by Crippen LogP contribution is 2.31. The van der Waals surface area contributed by atoms with E-state index in [2.05, 4.69) is 10.3 Å². The minimum Gasteiger partial charge on any atom is -0.495 e. The summed E-state index contributed by atoms with van der Waals surface area (Å²) < 4.78 is 6.82. The van der Waals surface area contributed by atoms with Gasteiger partial charge in [0.05, 0.1) is 23.7 Å². The molecule has 0 fully saturated rings. The predicted molar refractivity (Wildman–Crippen MR) is 118 cm³/mol. The number of carbonyl (C=O) groups excluding carboxylic acids is 1. The third-order valence-electron chi connectivity index (χ3n) is 4.45. The van der Waals surface area contributed by atoms with Gasteiger partial charge in [-0.05, 0) is 44.0 Å². The molecule has 0 aliphatic heterocycles. The van der Waals surface area contributed by atoms with Gasteiger partial charge in [0.2, 0.25) is 5.91 Å². The lowest BCUT2D eigenvalue weighted by molar-refractivity contribution is -0.115. The van der Waals surface area contributed by atoms with E-state index in [-0.39, 0.29) is 16.7 Å². The molecule has 1 atom stereocenters. The third-order valence-corrected chi connectivity index (χ3v) is 6.03. The average molecular weight is 432 g/mol. The summed E-state index contributed by atoms with van der Waals surface area (Å²) in [6.45, 7) is 5.60. The van der Waals surface area contributed by atoms with Gasteiger partial charge in [0.15, 0.2) is 0 Å². The highest BCUT2D eigenvalue weighted by atomic mass is 35.5. The summed E-state index contributed by atoms with van der Waals surface area (Å²) in [4.78, 5) is 29.4. The number of thioether (sulfide) groups is 1. The summed E-state index contributed by atoms with van der Waals surface area (Å²) in [5.41, 5.74) is 3.51. The Hall–Kier alpha value is -2.51. The Morgan fingerprint density at radius 1 is 1.31 bits per heavy atom. The van der Waals surface area contributed by atoms with Crippen molar-refractivity contribution in [2.45, 2.75) is 31.8 Å². The number of nitrogens with zero attached hydrogens (tertiary/aromatic N) is 2. The first-order valence-corrected chi connectivity index (χ1v) is 10.5. The van der Waals surface area contributed by atoms with Gasteiger partial charge in [-0.2, -0.15) is 0 Å².